The summed E-state index contributed by atoms with van der Waals surface area (Å²) in [4.78, 5) is 38.2. The molecular formula is C21H21N3O4. The van der Waals surface area contributed by atoms with Crippen molar-refractivity contribution in [3.05, 3.63) is 76.6 Å². The van der Waals surface area contributed by atoms with Gasteiger partial charge in [0.15, 0.2) is 0 Å². The van der Waals surface area contributed by atoms with Gasteiger partial charge in [0, 0.05) is 25.0 Å². The molecule has 0 N–H and O–H groups in total. The number of benzene rings is 2. The Bertz CT molecular complexity index is 1040. The summed E-state index contributed by atoms with van der Waals surface area (Å²) in [5.41, 5.74) is 1.09. The highest BCUT2D eigenvalue weighted by molar-refractivity contribution is 5.84. The molecule has 2 aromatic carbocycles. The van der Waals surface area contributed by atoms with Crippen molar-refractivity contribution in [3.8, 4) is 0 Å². The van der Waals surface area contributed by atoms with Crippen molar-refractivity contribution in [2.45, 2.75) is 19.1 Å². The van der Waals surface area contributed by atoms with Gasteiger partial charge < -0.3 is 9.64 Å². The molecule has 1 amide bonds. The minimum absolute atomic E-state index is 0.0178. The largest absolute Gasteiger partial charge is 0.447 e. The summed E-state index contributed by atoms with van der Waals surface area (Å²) >= 11 is 0. The number of fused-ring (bicyclic) bond motifs is 1. The highest BCUT2D eigenvalue weighted by atomic mass is 16.5. The Labute approximate surface area is 162 Å². The topological polar surface area (TPSA) is 81.5 Å². The number of nitrogens with zero attached hydrogens (tertiary/aromatic N) is 3. The average molecular weight is 379 g/mol. The van der Waals surface area contributed by atoms with Gasteiger partial charge >= 0.3 is 5.97 Å². The molecule has 0 saturated heterocycles. The fourth-order valence-corrected chi connectivity index (χ4v) is 2.85. The van der Waals surface area contributed by atoms with Gasteiger partial charge in [0.05, 0.1) is 24.7 Å². The quantitative estimate of drug-likeness (QED) is 0.613. The first-order valence-corrected chi connectivity index (χ1v) is 8.88. The number of carbonyl (C=O) groups excluding carboxylic acids is 2. The van der Waals surface area contributed by atoms with E-state index in [4.69, 9.17) is 4.74 Å². The van der Waals surface area contributed by atoms with E-state index in [0.717, 1.165) is 0 Å². The normalized spacial score (nSPS) is 11.8. The molecule has 0 aliphatic heterocycles. The van der Waals surface area contributed by atoms with E-state index in [9.17, 15) is 14.4 Å². The predicted molar refractivity (Wildman–Crippen MR) is 105 cm³/mol. The number of likely N-dealkylation sites (N-methyl/N-ethyl adjacent to an activating group) is 1. The first-order chi connectivity index (χ1) is 13.5. The van der Waals surface area contributed by atoms with Crippen molar-refractivity contribution >= 4 is 22.8 Å². The summed E-state index contributed by atoms with van der Waals surface area (Å²) in [5, 5.41) is 4.64. The number of para-hydroxylation sites is 1. The molecule has 1 unspecified atom stereocenters. The van der Waals surface area contributed by atoms with Gasteiger partial charge in [-0.25, -0.2) is 0 Å². The van der Waals surface area contributed by atoms with Crippen LogP contribution in [0.5, 0.6) is 0 Å². The predicted octanol–water partition coefficient (Wildman–Crippen LogP) is 2.16. The SMILES string of the molecule is CN(C)C(=O)C(OC(=O)CCn1ncc(=O)c2ccccc21)c1ccccc1. The number of esters is 1. The second-order valence-electron chi connectivity index (χ2n) is 6.51. The van der Waals surface area contributed by atoms with E-state index in [-0.39, 0.29) is 24.3 Å². The van der Waals surface area contributed by atoms with Crippen molar-refractivity contribution in [1.29, 1.82) is 0 Å². The van der Waals surface area contributed by atoms with Gasteiger partial charge in [-0.1, -0.05) is 42.5 Å². The maximum absolute atomic E-state index is 12.5. The second-order valence-corrected chi connectivity index (χ2v) is 6.51. The molecule has 0 fully saturated rings. The molecule has 1 atom stereocenters. The van der Waals surface area contributed by atoms with Crippen LogP contribution in [0, 0.1) is 0 Å². The third-order valence-corrected chi connectivity index (χ3v) is 4.31. The molecule has 7 nitrogen and oxygen atoms in total. The van der Waals surface area contributed by atoms with Crippen molar-refractivity contribution in [2.24, 2.45) is 0 Å². The van der Waals surface area contributed by atoms with Gasteiger partial charge in [0.2, 0.25) is 11.5 Å². The Hall–Kier alpha value is -3.48. The van der Waals surface area contributed by atoms with E-state index >= 15 is 0 Å². The van der Waals surface area contributed by atoms with Crippen LogP contribution in [-0.4, -0.2) is 40.7 Å². The van der Waals surface area contributed by atoms with Crippen LogP contribution in [0.3, 0.4) is 0 Å². The van der Waals surface area contributed by atoms with Gasteiger partial charge in [-0.05, 0) is 12.1 Å². The van der Waals surface area contributed by atoms with Crippen LogP contribution >= 0.6 is 0 Å². The lowest BCUT2D eigenvalue weighted by Gasteiger charge is -2.21. The van der Waals surface area contributed by atoms with E-state index in [1.165, 1.54) is 11.1 Å². The summed E-state index contributed by atoms with van der Waals surface area (Å²) in [6, 6.07) is 16.0. The van der Waals surface area contributed by atoms with Crippen LogP contribution in [0.4, 0.5) is 0 Å². The van der Waals surface area contributed by atoms with Crippen molar-refractivity contribution in [3.63, 3.8) is 0 Å². The maximum atomic E-state index is 12.5. The summed E-state index contributed by atoms with van der Waals surface area (Å²) in [7, 11) is 3.23. The van der Waals surface area contributed by atoms with E-state index in [1.54, 1.807) is 67.3 Å². The molecule has 0 aliphatic carbocycles. The number of hydrogen-bond donors (Lipinski definition) is 0. The zero-order chi connectivity index (χ0) is 20.1. The van der Waals surface area contributed by atoms with Crippen molar-refractivity contribution < 1.29 is 14.3 Å². The van der Waals surface area contributed by atoms with Crippen molar-refractivity contribution in [1.82, 2.24) is 14.7 Å². The van der Waals surface area contributed by atoms with Crippen molar-refractivity contribution in [2.75, 3.05) is 14.1 Å². The zero-order valence-corrected chi connectivity index (χ0v) is 15.7. The molecule has 0 bridgehead atoms. The van der Waals surface area contributed by atoms with Crippen LogP contribution in [-0.2, 0) is 20.9 Å². The first kappa shape index (κ1) is 19.3. The highest BCUT2D eigenvalue weighted by Crippen LogP contribution is 2.20. The average Bonchev–Trinajstić information content (AvgIpc) is 2.72. The Morgan fingerprint density at radius 3 is 2.46 bits per heavy atom. The van der Waals surface area contributed by atoms with Gasteiger partial charge in [-0.3, -0.25) is 19.1 Å². The molecule has 1 heterocycles. The number of hydrogen-bond acceptors (Lipinski definition) is 5. The number of aromatic nitrogens is 2. The van der Waals surface area contributed by atoms with Crippen LogP contribution in [0.15, 0.2) is 65.6 Å². The van der Waals surface area contributed by atoms with Gasteiger partial charge in [-0.15, -0.1) is 0 Å². The summed E-state index contributed by atoms with van der Waals surface area (Å²) < 4.78 is 7.07. The molecular weight excluding hydrogens is 358 g/mol. The molecule has 0 aliphatic rings. The molecule has 0 spiro atoms. The standard InChI is InChI=1S/C21H21N3O4/c1-23(2)21(27)20(15-8-4-3-5-9-15)28-19(26)12-13-24-17-11-7-6-10-16(17)18(25)14-22-24/h3-11,14,20H,12-13H2,1-2H3. The van der Waals surface area contributed by atoms with E-state index in [1.807, 2.05) is 6.07 Å². The summed E-state index contributed by atoms with van der Waals surface area (Å²) in [6.45, 7) is 0.233. The van der Waals surface area contributed by atoms with Crippen LogP contribution < -0.4 is 5.43 Å². The molecule has 7 heteroatoms. The fraction of sp³-hybridized carbons (Fsp3) is 0.238. The fourth-order valence-electron chi connectivity index (χ4n) is 2.85. The molecule has 144 valence electrons. The Kier molecular flexibility index (Phi) is 5.84. The summed E-state index contributed by atoms with van der Waals surface area (Å²) in [5.74, 6) is -0.833. The molecule has 1 aromatic heterocycles. The van der Waals surface area contributed by atoms with Gasteiger partial charge in [0.25, 0.3) is 5.91 Å². The Morgan fingerprint density at radius 1 is 1.07 bits per heavy atom. The third kappa shape index (κ3) is 4.25. The Balaban J connectivity index is 1.75. The lowest BCUT2D eigenvalue weighted by molar-refractivity contribution is -0.160. The van der Waals surface area contributed by atoms with Gasteiger partial charge in [0.1, 0.15) is 0 Å². The molecule has 3 rings (SSSR count). The molecule has 0 saturated carbocycles. The van der Waals surface area contributed by atoms with E-state index in [2.05, 4.69) is 5.10 Å². The lowest BCUT2D eigenvalue weighted by Crippen LogP contribution is -2.31. The van der Waals surface area contributed by atoms with Crippen LogP contribution in [0.25, 0.3) is 10.9 Å². The minimum atomic E-state index is -0.998. The van der Waals surface area contributed by atoms with Crippen LogP contribution in [0.2, 0.25) is 0 Å². The number of aryl methyl sites for hydroxylation is 1. The Morgan fingerprint density at radius 2 is 1.75 bits per heavy atom. The lowest BCUT2D eigenvalue weighted by atomic mass is 10.1. The highest BCUT2D eigenvalue weighted by Gasteiger charge is 2.26. The number of rotatable bonds is 6. The van der Waals surface area contributed by atoms with E-state index in [0.29, 0.717) is 16.5 Å². The molecule has 28 heavy (non-hydrogen) atoms. The third-order valence-electron chi connectivity index (χ3n) is 4.31. The monoisotopic (exact) mass is 379 g/mol. The maximum Gasteiger partial charge on any atom is 0.308 e. The second kappa shape index (κ2) is 8.47. The number of ether oxygens (including phenoxy) is 1. The molecule has 0 radical (unpaired) electrons. The number of amides is 1. The van der Waals surface area contributed by atoms with Gasteiger partial charge in [-0.2, -0.15) is 5.10 Å². The first-order valence-electron chi connectivity index (χ1n) is 8.88. The summed E-state index contributed by atoms with van der Waals surface area (Å²) in [6.07, 6.45) is 0.252. The zero-order valence-electron chi connectivity index (χ0n) is 15.7. The minimum Gasteiger partial charge on any atom is -0.447 e. The van der Waals surface area contributed by atoms with Crippen LogP contribution in [0.1, 0.15) is 18.1 Å². The number of carbonyl (C=O) groups is 2. The smallest absolute Gasteiger partial charge is 0.308 e. The molecule has 3 aromatic rings. The van der Waals surface area contributed by atoms with E-state index < -0.39 is 12.1 Å².